The third-order valence-corrected chi connectivity index (χ3v) is 4.79. The van der Waals surface area contributed by atoms with Crippen LogP contribution in [0.3, 0.4) is 0 Å². The van der Waals surface area contributed by atoms with Gasteiger partial charge in [0.05, 0.1) is 0 Å². The average Bonchev–Trinajstić information content (AvgIpc) is 2.58. The maximum atomic E-state index is 10.9. The van der Waals surface area contributed by atoms with Crippen LogP contribution in [0.4, 0.5) is 0 Å². The number of rotatable bonds is 15. The summed E-state index contributed by atoms with van der Waals surface area (Å²) >= 11 is 0. The van der Waals surface area contributed by atoms with Gasteiger partial charge in [0.2, 0.25) is 0 Å². The molecule has 0 aromatic heterocycles. The second-order valence-corrected chi connectivity index (χ2v) is 7.95. The van der Waals surface area contributed by atoms with E-state index in [9.17, 15) is 9.59 Å². The lowest BCUT2D eigenvalue weighted by Crippen LogP contribution is -2.22. The van der Waals surface area contributed by atoms with Gasteiger partial charge in [-0.15, -0.1) is 0 Å². The van der Waals surface area contributed by atoms with Crippen molar-refractivity contribution in [3.05, 3.63) is 34.9 Å². The van der Waals surface area contributed by atoms with Crippen LogP contribution in [-0.4, -0.2) is 47.7 Å². The molecule has 0 heterocycles. The summed E-state index contributed by atoms with van der Waals surface area (Å²) in [6, 6.07) is 0. The molecule has 0 aromatic rings. The minimum Gasteiger partial charge on any atom is -0.481 e. The lowest BCUT2D eigenvalue weighted by molar-refractivity contribution is -0.154. The van der Waals surface area contributed by atoms with Crippen molar-refractivity contribution in [1.82, 2.24) is 4.90 Å². The third kappa shape index (κ3) is 14.2. The van der Waals surface area contributed by atoms with E-state index < -0.39 is 17.9 Å². The lowest BCUT2D eigenvalue weighted by Gasteiger charge is -2.08. The standard InChI is InChI=1S/C23H39NO4/c1-18(10-6-7-17-24(4)5)11-8-12-19(2)13-9-14-20(3)15-16-21(22(25)26)23(27)28/h11,13,15,21H,6-10,12,14,16-17H2,1-5H3,(H,25,26)(H,27,28). The van der Waals surface area contributed by atoms with Gasteiger partial charge in [-0.2, -0.15) is 0 Å². The lowest BCUT2D eigenvalue weighted by atomic mass is 10.0. The van der Waals surface area contributed by atoms with E-state index in [4.69, 9.17) is 10.2 Å². The Morgan fingerprint density at radius 3 is 1.71 bits per heavy atom. The largest absolute Gasteiger partial charge is 0.481 e. The summed E-state index contributed by atoms with van der Waals surface area (Å²) in [5.74, 6) is -3.92. The zero-order chi connectivity index (χ0) is 21.5. The number of aliphatic carboxylic acids is 2. The number of carbonyl (C=O) groups is 2. The summed E-state index contributed by atoms with van der Waals surface area (Å²) in [5, 5.41) is 17.8. The van der Waals surface area contributed by atoms with Crippen LogP contribution in [0.2, 0.25) is 0 Å². The predicted octanol–water partition coefficient (Wildman–Crippen LogP) is 5.29. The van der Waals surface area contributed by atoms with Crippen molar-refractivity contribution in [2.45, 2.75) is 72.1 Å². The fourth-order valence-corrected chi connectivity index (χ4v) is 2.86. The molecule has 0 saturated heterocycles. The van der Waals surface area contributed by atoms with Gasteiger partial charge in [0, 0.05) is 0 Å². The van der Waals surface area contributed by atoms with Gasteiger partial charge < -0.3 is 15.1 Å². The van der Waals surface area contributed by atoms with Gasteiger partial charge in [0.25, 0.3) is 0 Å². The molecule has 0 bridgehead atoms. The number of unbranched alkanes of at least 4 members (excludes halogenated alkanes) is 1. The van der Waals surface area contributed by atoms with Crippen LogP contribution in [0, 0.1) is 5.92 Å². The van der Waals surface area contributed by atoms with Gasteiger partial charge in [-0.05, 0) is 92.8 Å². The molecule has 0 spiro atoms. The van der Waals surface area contributed by atoms with Crippen LogP contribution >= 0.6 is 0 Å². The van der Waals surface area contributed by atoms with Gasteiger partial charge in [-0.3, -0.25) is 9.59 Å². The predicted molar refractivity (Wildman–Crippen MR) is 116 cm³/mol. The molecule has 0 saturated carbocycles. The van der Waals surface area contributed by atoms with Crippen LogP contribution in [0.1, 0.15) is 72.1 Å². The monoisotopic (exact) mass is 393 g/mol. The molecule has 5 nitrogen and oxygen atoms in total. The highest BCUT2D eigenvalue weighted by atomic mass is 16.4. The van der Waals surface area contributed by atoms with E-state index in [1.807, 2.05) is 6.92 Å². The second kappa shape index (κ2) is 15.1. The first-order valence-electron chi connectivity index (χ1n) is 10.2. The zero-order valence-electron chi connectivity index (χ0n) is 18.3. The summed E-state index contributed by atoms with van der Waals surface area (Å²) in [5.41, 5.74) is 3.86. The molecule has 2 N–H and O–H groups in total. The summed E-state index contributed by atoms with van der Waals surface area (Å²) < 4.78 is 0. The first-order chi connectivity index (χ1) is 13.1. The topological polar surface area (TPSA) is 77.8 Å². The van der Waals surface area contributed by atoms with E-state index in [-0.39, 0.29) is 6.42 Å². The van der Waals surface area contributed by atoms with E-state index >= 15 is 0 Å². The molecule has 0 rings (SSSR count). The number of hydrogen-bond acceptors (Lipinski definition) is 3. The molecule has 5 heteroatoms. The van der Waals surface area contributed by atoms with Crippen LogP contribution in [-0.2, 0) is 9.59 Å². The molecule has 160 valence electrons. The van der Waals surface area contributed by atoms with E-state index in [1.165, 1.54) is 30.4 Å². The Morgan fingerprint density at radius 2 is 1.25 bits per heavy atom. The van der Waals surface area contributed by atoms with Crippen LogP contribution in [0.5, 0.6) is 0 Å². The molecule has 0 aliphatic rings. The minimum atomic E-state index is -1.36. The van der Waals surface area contributed by atoms with Gasteiger partial charge in [0.15, 0.2) is 5.92 Å². The van der Waals surface area contributed by atoms with Crippen molar-refractivity contribution >= 4 is 11.9 Å². The summed E-state index contributed by atoms with van der Waals surface area (Å²) in [6.45, 7) is 7.43. The molecule has 0 atom stereocenters. The Balaban J connectivity index is 4.14. The summed E-state index contributed by atoms with van der Waals surface area (Å²) in [7, 11) is 4.22. The van der Waals surface area contributed by atoms with Crippen molar-refractivity contribution in [2.75, 3.05) is 20.6 Å². The Bertz CT molecular complexity index is 559. The highest BCUT2D eigenvalue weighted by Gasteiger charge is 2.24. The minimum absolute atomic E-state index is 0.0395. The smallest absolute Gasteiger partial charge is 0.318 e. The van der Waals surface area contributed by atoms with Crippen molar-refractivity contribution in [3.8, 4) is 0 Å². The van der Waals surface area contributed by atoms with Crippen LogP contribution in [0.25, 0.3) is 0 Å². The third-order valence-electron chi connectivity index (χ3n) is 4.79. The molecule has 0 fully saturated rings. The first-order valence-corrected chi connectivity index (χ1v) is 10.2. The van der Waals surface area contributed by atoms with Crippen LogP contribution < -0.4 is 0 Å². The Kier molecular flexibility index (Phi) is 14.1. The Labute approximate surface area is 170 Å². The van der Waals surface area contributed by atoms with Crippen molar-refractivity contribution in [3.63, 3.8) is 0 Å². The molecular weight excluding hydrogens is 354 g/mol. The molecule has 0 radical (unpaired) electrons. The SMILES string of the molecule is CC(=CCCC(C)=CCC(C(=O)O)C(=O)O)CCC=C(C)CCCCN(C)C. The summed E-state index contributed by atoms with van der Waals surface area (Å²) in [6.07, 6.45) is 13.8. The quantitative estimate of drug-likeness (QED) is 0.224. The fraction of sp³-hybridized carbons (Fsp3) is 0.652. The molecule has 0 aliphatic heterocycles. The number of allylic oxidation sites excluding steroid dienone is 6. The molecule has 0 amide bonds. The number of hydrogen-bond donors (Lipinski definition) is 2. The maximum absolute atomic E-state index is 10.9. The fourth-order valence-electron chi connectivity index (χ4n) is 2.86. The number of nitrogens with zero attached hydrogens (tertiary/aromatic N) is 1. The van der Waals surface area contributed by atoms with Gasteiger partial charge in [-0.25, -0.2) is 0 Å². The van der Waals surface area contributed by atoms with Crippen molar-refractivity contribution < 1.29 is 19.8 Å². The van der Waals surface area contributed by atoms with E-state index in [0.29, 0.717) is 0 Å². The zero-order valence-corrected chi connectivity index (χ0v) is 18.3. The van der Waals surface area contributed by atoms with Crippen LogP contribution in [0.15, 0.2) is 34.9 Å². The van der Waals surface area contributed by atoms with E-state index in [1.54, 1.807) is 6.08 Å². The van der Waals surface area contributed by atoms with Gasteiger partial charge >= 0.3 is 11.9 Å². The maximum Gasteiger partial charge on any atom is 0.318 e. The van der Waals surface area contributed by atoms with E-state index in [2.05, 4.69) is 45.0 Å². The summed E-state index contributed by atoms with van der Waals surface area (Å²) in [4.78, 5) is 24.0. The van der Waals surface area contributed by atoms with Gasteiger partial charge in [-0.1, -0.05) is 34.9 Å². The Hall–Kier alpha value is -1.88. The molecular formula is C23H39NO4. The number of carboxylic acid groups (broad SMARTS) is 2. The first kappa shape index (κ1) is 26.1. The second-order valence-electron chi connectivity index (χ2n) is 7.95. The van der Waals surface area contributed by atoms with Crippen molar-refractivity contribution in [2.24, 2.45) is 5.92 Å². The Morgan fingerprint density at radius 1 is 0.786 bits per heavy atom. The average molecular weight is 394 g/mol. The molecule has 0 aliphatic carbocycles. The molecule has 0 unspecified atom stereocenters. The number of carboxylic acids is 2. The highest BCUT2D eigenvalue weighted by Crippen LogP contribution is 2.15. The molecule has 28 heavy (non-hydrogen) atoms. The van der Waals surface area contributed by atoms with Gasteiger partial charge in [0.1, 0.15) is 0 Å². The molecule has 0 aromatic carbocycles. The van der Waals surface area contributed by atoms with Crippen molar-refractivity contribution in [1.29, 1.82) is 0 Å². The highest BCUT2D eigenvalue weighted by molar-refractivity contribution is 5.93. The van der Waals surface area contributed by atoms with E-state index in [0.717, 1.165) is 37.8 Å². The normalized spacial score (nSPS) is 13.5.